The van der Waals surface area contributed by atoms with Crippen LogP contribution in [0.1, 0.15) is 68.3 Å². The average Bonchev–Trinajstić information content (AvgIpc) is 2.94. The highest BCUT2D eigenvalue weighted by atomic mass is 19.1. The summed E-state index contributed by atoms with van der Waals surface area (Å²) >= 11 is 0. The van der Waals surface area contributed by atoms with E-state index >= 15 is 0 Å². The molecule has 1 aromatic rings. The average molecular weight is 361 g/mol. The van der Waals surface area contributed by atoms with Gasteiger partial charge in [0, 0.05) is 19.0 Å². The fourth-order valence-electron chi connectivity index (χ4n) is 4.04. The number of ketones is 1. The number of hydrogen-bond donors (Lipinski definition) is 0. The van der Waals surface area contributed by atoms with Crippen molar-refractivity contribution in [1.29, 1.82) is 0 Å². The monoisotopic (exact) mass is 361 g/mol. The minimum Gasteiger partial charge on any atom is -0.490 e. The molecule has 1 aliphatic heterocycles. The first-order chi connectivity index (χ1) is 12.5. The Hall–Kier alpha value is -1.91. The van der Waals surface area contributed by atoms with Crippen molar-refractivity contribution in [3.63, 3.8) is 0 Å². The van der Waals surface area contributed by atoms with Crippen LogP contribution in [0.5, 0.6) is 5.75 Å². The van der Waals surface area contributed by atoms with E-state index in [4.69, 9.17) is 4.74 Å². The zero-order valence-electron chi connectivity index (χ0n) is 15.7. The van der Waals surface area contributed by atoms with Gasteiger partial charge < -0.3 is 9.64 Å². The molecule has 1 saturated carbocycles. The van der Waals surface area contributed by atoms with Crippen molar-refractivity contribution in [2.75, 3.05) is 13.2 Å². The van der Waals surface area contributed by atoms with E-state index in [2.05, 4.69) is 0 Å². The van der Waals surface area contributed by atoms with E-state index in [1.54, 1.807) is 17.9 Å². The van der Waals surface area contributed by atoms with Crippen LogP contribution in [-0.2, 0) is 11.3 Å². The molecule has 1 fully saturated rings. The number of benzene rings is 1. The van der Waals surface area contributed by atoms with E-state index in [1.807, 2.05) is 13.0 Å². The van der Waals surface area contributed by atoms with Crippen LogP contribution in [0.15, 0.2) is 12.1 Å². The van der Waals surface area contributed by atoms with Gasteiger partial charge in [0.15, 0.2) is 11.6 Å². The molecule has 0 radical (unpaired) electrons. The first-order valence-corrected chi connectivity index (χ1v) is 9.75. The fourth-order valence-corrected chi connectivity index (χ4v) is 4.04. The summed E-state index contributed by atoms with van der Waals surface area (Å²) in [6, 6.07) is 3.45. The lowest BCUT2D eigenvalue weighted by molar-refractivity contribution is -0.121. The van der Waals surface area contributed by atoms with Gasteiger partial charge in [0.1, 0.15) is 5.78 Å². The smallest absolute Gasteiger partial charge is 0.257 e. The molecule has 4 nitrogen and oxygen atoms in total. The molecule has 3 rings (SSSR count). The summed E-state index contributed by atoms with van der Waals surface area (Å²) < 4.78 is 20.2. The Labute approximate surface area is 154 Å². The highest BCUT2D eigenvalue weighted by Crippen LogP contribution is 2.34. The van der Waals surface area contributed by atoms with Crippen molar-refractivity contribution in [2.24, 2.45) is 11.8 Å². The van der Waals surface area contributed by atoms with Gasteiger partial charge >= 0.3 is 0 Å². The van der Waals surface area contributed by atoms with E-state index in [0.717, 1.165) is 44.1 Å². The number of Topliss-reactive ketones (excluding diaryl/α,β-unsaturated/α-hetero) is 1. The number of amides is 1. The van der Waals surface area contributed by atoms with Gasteiger partial charge in [0.25, 0.3) is 5.91 Å². The topological polar surface area (TPSA) is 46.6 Å². The second-order valence-corrected chi connectivity index (χ2v) is 7.63. The molecule has 2 aliphatic rings. The molecule has 1 aromatic carbocycles. The van der Waals surface area contributed by atoms with Crippen LogP contribution in [-0.4, -0.2) is 29.7 Å². The standard InChI is InChI=1S/C21H28FNO3/c1-3-4-11-26-18-10-9-17-13-23(21(25)19(17)20(18)22)12-15-5-7-16(8-6-15)14(2)24/h9-10,15-16H,3-8,11-13H2,1-2H3. The molecule has 0 unspecified atom stereocenters. The predicted octanol–water partition coefficient (Wildman–Crippen LogP) is 4.36. The molecular weight excluding hydrogens is 333 g/mol. The summed E-state index contributed by atoms with van der Waals surface area (Å²) in [5.74, 6) is 0.267. The third-order valence-corrected chi connectivity index (χ3v) is 5.71. The van der Waals surface area contributed by atoms with Gasteiger partial charge in [0.2, 0.25) is 0 Å². The van der Waals surface area contributed by atoms with Crippen LogP contribution in [0.3, 0.4) is 0 Å². The van der Waals surface area contributed by atoms with E-state index in [9.17, 15) is 14.0 Å². The van der Waals surface area contributed by atoms with Crippen LogP contribution >= 0.6 is 0 Å². The molecule has 0 bridgehead atoms. The molecular formula is C21H28FNO3. The fraction of sp³-hybridized carbons (Fsp3) is 0.619. The quantitative estimate of drug-likeness (QED) is 0.678. The SMILES string of the molecule is CCCCOc1ccc2c(c1F)C(=O)N(CC1CCC(C(C)=O)CC1)C2. The molecule has 142 valence electrons. The van der Waals surface area contributed by atoms with Crippen molar-refractivity contribution in [1.82, 2.24) is 4.90 Å². The number of hydrogen-bond acceptors (Lipinski definition) is 3. The van der Waals surface area contributed by atoms with Crippen LogP contribution < -0.4 is 4.74 Å². The van der Waals surface area contributed by atoms with Gasteiger partial charge in [-0.15, -0.1) is 0 Å². The summed E-state index contributed by atoms with van der Waals surface area (Å²) in [7, 11) is 0. The second-order valence-electron chi connectivity index (χ2n) is 7.63. The molecule has 1 heterocycles. The first kappa shape index (κ1) is 18.9. The molecule has 0 saturated heterocycles. The van der Waals surface area contributed by atoms with Crippen LogP contribution in [0.2, 0.25) is 0 Å². The third kappa shape index (κ3) is 3.92. The Morgan fingerprint density at radius 3 is 2.65 bits per heavy atom. The number of fused-ring (bicyclic) bond motifs is 1. The Morgan fingerprint density at radius 2 is 2.00 bits per heavy atom. The van der Waals surface area contributed by atoms with Crippen molar-refractivity contribution in [3.8, 4) is 5.75 Å². The number of ether oxygens (including phenoxy) is 1. The number of nitrogens with zero attached hydrogens (tertiary/aromatic N) is 1. The van der Waals surface area contributed by atoms with Gasteiger partial charge in [-0.2, -0.15) is 0 Å². The molecule has 1 aliphatic carbocycles. The Morgan fingerprint density at radius 1 is 1.27 bits per heavy atom. The zero-order chi connectivity index (χ0) is 18.7. The lowest BCUT2D eigenvalue weighted by atomic mass is 9.80. The molecule has 0 spiro atoms. The molecule has 0 aromatic heterocycles. The predicted molar refractivity (Wildman–Crippen MR) is 97.7 cm³/mol. The molecule has 0 atom stereocenters. The molecule has 5 heteroatoms. The number of unbranched alkanes of at least 4 members (excludes halogenated alkanes) is 1. The van der Waals surface area contributed by atoms with Gasteiger partial charge in [0.05, 0.1) is 12.2 Å². The molecule has 0 N–H and O–H groups in total. The third-order valence-electron chi connectivity index (χ3n) is 5.71. The van der Waals surface area contributed by atoms with Crippen molar-refractivity contribution >= 4 is 11.7 Å². The van der Waals surface area contributed by atoms with Crippen LogP contribution in [0.4, 0.5) is 4.39 Å². The van der Waals surface area contributed by atoms with Crippen molar-refractivity contribution < 1.29 is 18.7 Å². The van der Waals surface area contributed by atoms with Gasteiger partial charge in [-0.05, 0) is 56.6 Å². The maximum Gasteiger partial charge on any atom is 0.257 e. The number of rotatable bonds is 7. The van der Waals surface area contributed by atoms with E-state index < -0.39 is 5.82 Å². The Bertz CT molecular complexity index is 680. The van der Waals surface area contributed by atoms with Gasteiger partial charge in [-0.25, -0.2) is 4.39 Å². The summed E-state index contributed by atoms with van der Waals surface area (Å²) in [4.78, 5) is 26.0. The van der Waals surface area contributed by atoms with Gasteiger partial charge in [-0.1, -0.05) is 19.4 Å². The minimum absolute atomic E-state index is 0.175. The summed E-state index contributed by atoms with van der Waals surface area (Å²) in [5, 5.41) is 0. The zero-order valence-corrected chi connectivity index (χ0v) is 15.7. The van der Waals surface area contributed by atoms with Crippen LogP contribution in [0, 0.1) is 17.7 Å². The van der Waals surface area contributed by atoms with Crippen molar-refractivity contribution in [3.05, 3.63) is 29.1 Å². The highest BCUT2D eigenvalue weighted by Gasteiger charge is 2.34. The second kappa shape index (κ2) is 8.19. The van der Waals surface area contributed by atoms with E-state index in [0.29, 0.717) is 25.6 Å². The Balaban J connectivity index is 1.63. The van der Waals surface area contributed by atoms with Crippen molar-refractivity contribution in [2.45, 2.75) is 58.9 Å². The summed E-state index contributed by atoms with van der Waals surface area (Å²) in [6.07, 6.45) is 5.55. The lowest BCUT2D eigenvalue weighted by Crippen LogP contribution is -2.32. The first-order valence-electron chi connectivity index (χ1n) is 9.75. The normalized spacial score (nSPS) is 22.4. The molecule has 26 heavy (non-hydrogen) atoms. The van der Waals surface area contributed by atoms with E-state index in [1.165, 1.54) is 0 Å². The number of halogens is 1. The Kier molecular flexibility index (Phi) is 5.94. The summed E-state index contributed by atoms with van der Waals surface area (Å²) in [6.45, 7) is 5.28. The van der Waals surface area contributed by atoms with Gasteiger partial charge in [-0.3, -0.25) is 9.59 Å². The minimum atomic E-state index is -0.522. The summed E-state index contributed by atoms with van der Waals surface area (Å²) in [5.41, 5.74) is 0.921. The van der Waals surface area contributed by atoms with E-state index in [-0.39, 0.29) is 28.9 Å². The number of carbonyl (C=O) groups excluding carboxylic acids is 2. The highest BCUT2D eigenvalue weighted by molar-refractivity contribution is 5.99. The molecule has 1 amide bonds. The van der Waals surface area contributed by atoms with Crippen LogP contribution in [0.25, 0.3) is 0 Å². The lowest BCUT2D eigenvalue weighted by Gasteiger charge is -2.30. The maximum absolute atomic E-state index is 14.7. The maximum atomic E-state index is 14.7. The largest absolute Gasteiger partial charge is 0.490 e. The number of carbonyl (C=O) groups is 2.